The summed E-state index contributed by atoms with van der Waals surface area (Å²) < 4.78 is 0. The minimum absolute atomic E-state index is 0.177. The minimum atomic E-state index is -1.80. The van der Waals surface area contributed by atoms with Gasteiger partial charge < -0.3 is 9.80 Å². The fourth-order valence-corrected chi connectivity index (χ4v) is 16.7. The van der Waals surface area contributed by atoms with Crippen molar-refractivity contribution in [3.63, 3.8) is 0 Å². The van der Waals surface area contributed by atoms with E-state index in [0.29, 0.717) is 0 Å². The molecule has 6 aromatic carbocycles. The first kappa shape index (κ1) is 32.7. The first-order chi connectivity index (χ1) is 26.3. The van der Waals surface area contributed by atoms with Crippen molar-refractivity contribution >= 4 is 113 Å². The lowest BCUT2D eigenvalue weighted by atomic mass is 10.0. The summed E-state index contributed by atoms with van der Waals surface area (Å²) in [5.74, 6) is 0. The molecule has 0 spiro atoms. The third kappa shape index (κ3) is 4.67. The van der Waals surface area contributed by atoms with Gasteiger partial charge in [0.05, 0.1) is 45.5 Å². The number of rotatable bonds is 2. The SMILES string of the molecule is CP1(=S)c2ccccc2N(c2ccc3c(ccc4nc5ccc6cc(N7c8ccccc8P(C)(=S)C8C=CC=CC87)ccc6c5nc43)c2)C2C=CC=CC21. The van der Waals surface area contributed by atoms with E-state index in [1.165, 1.54) is 22.0 Å². The monoisotopic (exact) mass is 770 g/mol. The standard InChI is InChI=1S/C46H36N4P2S2/c1-51(53)41-15-7-3-11-37(41)49(38-12-4-8-16-42(38)51)31-21-23-33-29(27-31)19-25-35-45(33)48-46-34-24-22-32(28-30(34)20-26-36(46)47-35)50-39-13-5-9-17-43(39)52(2,54)44-18-10-6-14-40(44)50/h3-28,37,39,41,43H,1-2H3. The lowest BCUT2D eigenvalue weighted by Crippen LogP contribution is -2.46. The molecule has 4 aliphatic rings. The zero-order valence-corrected chi connectivity index (χ0v) is 33.2. The Hall–Kier alpha value is -4.70. The number of nitrogens with zero attached hydrogens (tertiary/aromatic N) is 4. The molecule has 6 unspecified atom stereocenters. The van der Waals surface area contributed by atoms with Gasteiger partial charge in [-0.05, 0) is 84.7 Å². The van der Waals surface area contributed by atoms with E-state index in [1.54, 1.807) is 0 Å². The Kier molecular flexibility index (Phi) is 7.21. The van der Waals surface area contributed by atoms with Crippen LogP contribution in [0.3, 0.4) is 0 Å². The summed E-state index contributed by atoms with van der Waals surface area (Å²) in [4.78, 5) is 15.6. The predicted octanol–water partition coefficient (Wildman–Crippen LogP) is 10.6. The Morgan fingerprint density at radius 1 is 0.500 bits per heavy atom. The highest BCUT2D eigenvalue weighted by atomic mass is 32.4. The zero-order chi connectivity index (χ0) is 36.3. The molecule has 0 saturated heterocycles. The van der Waals surface area contributed by atoms with E-state index in [2.05, 4.69) is 181 Å². The van der Waals surface area contributed by atoms with Crippen LogP contribution in [-0.4, -0.2) is 46.7 Å². The molecule has 4 nitrogen and oxygen atoms in total. The van der Waals surface area contributed by atoms with Crippen LogP contribution in [0.4, 0.5) is 22.7 Å². The number of para-hydroxylation sites is 2. The minimum Gasteiger partial charge on any atom is -0.333 e. The maximum absolute atomic E-state index is 6.41. The summed E-state index contributed by atoms with van der Waals surface area (Å²) in [5.41, 5.74) is 8.99. The second kappa shape index (κ2) is 11.9. The molecular formula is C46H36N4P2S2. The van der Waals surface area contributed by atoms with Gasteiger partial charge in [0.2, 0.25) is 0 Å². The highest BCUT2D eigenvalue weighted by molar-refractivity contribution is 8.19. The maximum Gasteiger partial charge on any atom is 0.0973 e. The van der Waals surface area contributed by atoms with Crippen molar-refractivity contribution in [2.45, 2.75) is 23.4 Å². The van der Waals surface area contributed by atoms with Gasteiger partial charge in [-0.2, -0.15) is 0 Å². The van der Waals surface area contributed by atoms with Crippen LogP contribution in [0, 0.1) is 0 Å². The lowest BCUT2D eigenvalue weighted by Gasteiger charge is -2.47. The number of allylic oxidation sites excluding steroid dienone is 4. The summed E-state index contributed by atoms with van der Waals surface area (Å²) >= 11 is 12.8. The fourth-order valence-electron chi connectivity index (χ4n) is 9.44. The Morgan fingerprint density at radius 2 is 0.944 bits per heavy atom. The topological polar surface area (TPSA) is 32.3 Å². The third-order valence-corrected chi connectivity index (χ3v) is 20.6. The van der Waals surface area contributed by atoms with Crippen LogP contribution < -0.4 is 20.4 Å². The molecule has 3 heterocycles. The zero-order valence-electron chi connectivity index (χ0n) is 29.8. The molecule has 0 N–H and O–H groups in total. The van der Waals surface area contributed by atoms with Crippen LogP contribution in [0.1, 0.15) is 0 Å². The normalized spacial score (nSPS) is 26.6. The van der Waals surface area contributed by atoms with Gasteiger partial charge in [0.15, 0.2) is 0 Å². The Labute approximate surface area is 325 Å². The number of benzene rings is 6. The number of anilines is 4. The Balaban J connectivity index is 1.04. The molecule has 11 rings (SSSR count). The molecule has 6 atom stereocenters. The predicted molar refractivity (Wildman–Crippen MR) is 241 cm³/mol. The van der Waals surface area contributed by atoms with Crippen LogP contribution in [-0.2, 0) is 23.6 Å². The van der Waals surface area contributed by atoms with Gasteiger partial charge in [-0.3, -0.25) is 0 Å². The van der Waals surface area contributed by atoms with Crippen molar-refractivity contribution in [3.05, 3.63) is 158 Å². The van der Waals surface area contributed by atoms with Crippen LogP contribution in [0.2, 0.25) is 0 Å². The van der Waals surface area contributed by atoms with Crippen LogP contribution >= 0.6 is 12.1 Å². The molecule has 0 saturated carbocycles. The molecule has 54 heavy (non-hydrogen) atoms. The largest absolute Gasteiger partial charge is 0.333 e. The highest BCUT2D eigenvalue weighted by Crippen LogP contribution is 2.58. The average molecular weight is 771 g/mol. The molecule has 0 bridgehead atoms. The van der Waals surface area contributed by atoms with E-state index in [9.17, 15) is 0 Å². The molecule has 0 radical (unpaired) electrons. The van der Waals surface area contributed by atoms with Gasteiger partial charge in [0, 0.05) is 44.1 Å². The third-order valence-electron chi connectivity index (χ3n) is 12.1. The first-order valence-corrected chi connectivity index (χ1v) is 25.1. The van der Waals surface area contributed by atoms with Crippen molar-refractivity contribution in [1.82, 2.24) is 9.97 Å². The van der Waals surface area contributed by atoms with E-state index in [4.69, 9.17) is 33.6 Å². The quantitative estimate of drug-likeness (QED) is 0.0989. The van der Waals surface area contributed by atoms with Gasteiger partial charge >= 0.3 is 0 Å². The number of hydrogen-bond acceptors (Lipinski definition) is 6. The average Bonchev–Trinajstić information content (AvgIpc) is 3.20. The first-order valence-electron chi connectivity index (χ1n) is 18.5. The second-order valence-corrected chi connectivity index (χ2v) is 25.8. The van der Waals surface area contributed by atoms with Gasteiger partial charge in [0.1, 0.15) is 0 Å². The molecule has 8 heteroatoms. The van der Waals surface area contributed by atoms with Crippen molar-refractivity contribution in [3.8, 4) is 0 Å². The highest BCUT2D eigenvalue weighted by Gasteiger charge is 2.43. The van der Waals surface area contributed by atoms with Crippen LogP contribution in [0.15, 0.2) is 158 Å². The van der Waals surface area contributed by atoms with E-state index < -0.39 is 12.1 Å². The summed E-state index contributed by atoms with van der Waals surface area (Å²) in [6.45, 7) is 4.62. The summed E-state index contributed by atoms with van der Waals surface area (Å²) in [5, 5.41) is 7.11. The smallest absolute Gasteiger partial charge is 0.0973 e. The van der Waals surface area contributed by atoms with Crippen molar-refractivity contribution < 1.29 is 0 Å². The number of hydrogen-bond donors (Lipinski definition) is 0. The van der Waals surface area contributed by atoms with E-state index in [1.807, 2.05) is 0 Å². The summed E-state index contributed by atoms with van der Waals surface area (Å²) in [6.07, 6.45) is 18.0. The van der Waals surface area contributed by atoms with Gasteiger partial charge in [-0.15, -0.1) is 0 Å². The van der Waals surface area contributed by atoms with E-state index >= 15 is 0 Å². The van der Waals surface area contributed by atoms with Gasteiger partial charge in [0.25, 0.3) is 0 Å². The fraction of sp³-hybridized carbons (Fsp3) is 0.130. The molecule has 0 amide bonds. The molecular weight excluding hydrogens is 735 g/mol. The van der Waals surface area contributed by atoms with Gasteiger partial charge in [-0.25, -0.2) is 9.97 Å². The maximum atomic E-state index is 6.41. The van der Waals surface area contributed by atoms with Crippen LogP contribution in [0.25, 0.3) is 43.6 Å². The van der Waals surface area contributed by atoms with Crippen molar-refractivity contribution in [2.75, 3.05) is 23.1 Å². The molecule has 0 fully saturated rings. The summed E-state index contributed by atoms with van der Waals surface area (Å²) in [7, 11) is 0. The van der Waals surface area contributed by atoms with Crippen LogP contribution in [0.5, 0.6) is 0 Å². The van der Waals surface area contributed by atoms with E-state index in [0.717, 1.165) is 55.0 Å². The van der Waals surface area contributed by atoms with Crippen molar-refractivity contribution in [2.24, 2.45) is 0 Å². The van der Waals surface area contributed by atoms with Crippen molar-refractivity contribution in [1.29, 1.82) is 0 Å². The molecule has 262 valence electrons. The molecule has 2 aliphatic carbocycles. The van der Waals surface area contributed by atoms with E-state index in [-0.39, 0.29) is 23.4 Å². The lowest BCUT2D eigenvalue weighted by molar-refractivity contribution is 0.786. The Bertz CT molecular complexity index is 2800. The second-order valence-electron chi connectivity index (χ2n) is 15.1. The molecule has 1 aromatic heterocycles. The van der Waals surface area contributed by atoms with Gasteiger partial charge in [-0.1, -0.05) is 133 Å². The number of aromatic nitrogens is 2. The molecule has 2 aliphatic heterocycles. The number of fused-ring (bicyclic) bond motifs is 10. The summed E-state index contributed by atoms with van der Waals surface area (Å²) in [6, 6.07) is 36.5. The molecule has 7 aromatic rings. The Morgan fingerprint density at radius 3 is 1.43 bits per heavy atom.